The van der Waals surface area contributed by atoms with E-state index in [-0.39, 0.29) is 24.0 Å². The van der Waals surface area contributed by atoms with Gasteiger partial charge in [0.2, 0.25) is 5.91 Å². The van der Waals surface area contributed by atoms with Crippen LogP contribution >= 0.6 is 0 Å². The second-order valence-corrected chi connectivity index (χ2v) is 5.30. The van der Waals surface area contributed by atoms with E-state index in [1.807, 2.05) is 6.07 Å². The molecule has 0 radical (unpaired) electrons. The molecule has 1 fully saturated rings. The number of nitriles is 1. The summed E-state index contributed by atoms with van der Waals surface area (Å²) in [6.07, 6.45) is -0.0232. The van der Waals surface area contributed by atoms with Crippen LogP contribution in [0.4, 0.5) is 0 Å². The number of hydrogen-bond donors (Lipinski definition) is 1. The molecular weight excluding hydrogens is 218 g/mol. The molecule has 0 bridgehead atoms. The van der Waals surface area contributed by atoms with Crippen LogP contribution in [0.3, 0.4) is 0 Å². The van der Waals surface area contributed by atoms with Crippen LogP contribution in [0.15, 0.2) is 0 Å². The summed E-state index contributed by atoms with van der Waals surface area (Å²) in [4.78, 5) is 13.3. The largest absolute Gasteiger partial charge is 0.373 e. The highest BCUT2D eigenvalue weighted by atomic mass is 16.5. The van der Waals surface area contributed by atoms with E-state index in [9.17, 15) is 4.79 Å². The van der Waals surface area contributed by atoms with Crippen molar-refractivity contribution >= 4 is 5.91 Å². The summed E-state index contributed by atoms with van der Waals surface area (Å²) in [6, 6.07) is 1.89. The summed E-state index contributed by atoms with van der Waals surface area (Å²) in [5.41, 5.74) is 0.0439. The highest BCUT2D eigenvalue weighted by Gasteiger charge is 2.24. The van der Waals surface area contributed by atoms with Crippen molar-refractivity contribution in [2.24, 2.45) is 0 Å². The van der Waals surface area contributed by atoms with Gasteiger partial charge in [0.1, 0.15) is 6.42 Å². The Labute approximate surface area is 103 Å². The first-order valence-electron chi connectivity index (χ1n) is 5.94. The molecule has 1 aliphatic rings. The van der Waals surface area contributed by atoms with Crippen molar-refractivity contribution in [2.75, 3.05) is 26.2 Å². The fourth-order valence-electron chi connectivity index (χ4n) is 1.67. The normalized spacial score (nSPS) is 21.1. The molecule has 1 heterocycles. The molecule has 1 atom stereocenters. The standard InChI is InChI=1S/C12H21N3O2/c1-12(2,3)14-8-10-9-15(6-7-17-10)11(16)4-5-13/h10,14H,4,6-9H2,1-3H3/t10-/m1/s1. The van der Waals surface area contributed by atoms with Crippen LogP contribution in [0.25, 0.3) is 0 Å². The number of nitrogens with one attached hydrogen (secondary N) is 1. The number of amides is 1. The van der Waals surface area contributed by atoms with E-state index in [4.69, 9.17) is 10.00 Å². The molecule has 0 unspecified atom stereocenters. The third-order valence-corrected chi connectivity index (χ3v) is 2.58. The molecule has 1 rings (SSSR count). The van der Waals surface area contributed by atoms with Crippen molar-refractivity contribution in [1.29, 1.82) is 5.26 Å². The predicted octanol–water partition coefficient (Wildman–Crippen LogP) is 0.516. The molecule has 5 heteroatoms. The summed E-state index contributed by atoms with van der Waals surface area (Å²) in [6.45, 7) is 8.71. The van der Waals surface area contributed by atoms with Gasteiger partial charge in [0.05, 0.1) is 18.8 Å². The number of carbonyl (C=O) groups is 1. The number of nitrogens with zero attached hydrogens (tertiary/aromatic N) is 2. The van der Waals surface area contributed by atoms with E-state index in [0.29, 0.717) is 19.7 Å². The van der Waals surface area contributed by atoms with E-state index in [1.54, 1.807) is 4.90 Å². The van der Waals surface area contributed by atoms with E-state index >= 15 is 0 Å². The van der Waals surface area contributed by atoms with Gasteiger partial charge in [-0.2, -0.15) is 5.26 Å². The van der Waals surface area contributed by atoms with Crippen molar-refractivity contribution in [1.82, 2.24) is 10.2 Å². The molecule has 96 valence electrons. The van der Waals surface area contributed by atoms with Crippen molar-refractivity contribution in [3.63, 3.8) is 0 Å². The Balaban J connectivity index is 2.39. The lowest BCUT2D eigenvalue weighted by Gasteiger charge is -2.34. The van der Waals surface area contributed by atoms with Gasteiger partial charge in [-0.15, -0.1) is 0 Å². The average Bonchev–Trinajstić information content (AvgIpc) is 2.26. The smallest absolute Gasteiger partial charge is 0.236 e. The Hall–Kier alpha value is -1.12. The highest BCUT2D eigenvalue weighted by Crippen LogP contribution is 2.08. The molecule has 1 saturated heterocycles. The lowest BCUT2D eigenvalue weighted by atomic mass is 10.1. The van der Waals surface area contributed by atoms with Gasteiger partial charge in [0.15, 0.2) is 0 Å². The van der Waals surface area contributed by atoms with Gasteiger partial charge in [0, 0.05) is 25.2 Å². The molecule has 0 aromatic heterocycles. The first-order valence-corrected chi connectivity index (χ1v) is 5.94. The summed E-state index contributed by atoms with van der Waals surface area (Å²) < 4.78 is 5.59. The first kappa shape index (κ1) is 13.9. The Morgan fingerprint density at radius 2 is 2.29 bits per heavy atom. The Bertz CT molecular complexity index is 304. The van der Waals surface area contributed by atoms with Gasteiger partial charge in [0.25, 0.3) is 0 Å². The predicted molar refractivity (Wildman–Crippen MR) is 64.3 cm³/mol. The Morgan fingerprint density at radius 3 is 2.88 bits per heavy atom. The van der Waals surface area contributed by atoms with Crippen molar-refractivity contribution in [3.05, 3.63) is 0 Å². The molecule has 0 spiro atoms. The molecular formula is C12H21N3O2. The van der Waals surface area contributed by atoms with Gasteiger partial charge in [-0.1, -0.05) is 0 Å². The van der Waals surface area contributed by atoms with Gasteiger partial charge in [-0.3, -0.25) is 4.79 Å². The third-order valence-electron chi connectivity index (χ3n) is 2.58. The maximum Gasteiger partial charge on any atom is 0.236 e. The topological polar surface area (TPSA) is 65.4 Å². The van der Waals surface area contributed by atoms with Crippen LogP contribution in [-0.4, -0.2) is 48.7 Å². The summed E-state index contributed by atoms with van der Waals surface area (Å²) in [7, 11) is 0. The fourth-order valence-corrected chi connectivity index (χ4v) is 1.67. The van der Waals surface area contributed by atoms with Crippen LogP contribution in [0, 0.1) is 11.3 Å². The van der Waals surface area contributed by atoms with Crippen LogP contribution < -0.4 is 5.32 Å². The lowest BCUT2D eigenvalue weighted by Crippen LogP contribution is -2.51. The maximum atomic E-state index is 11.6. The number of hydrogen-bond acceptors (Lipinski definition) is 4. The van der Waals surface area contributed by atoms with E-state index in [2.05, 4.69) is 26.1 Å². The SMILES string of the molecule is CC(C)(C)NC[C@@H]1CN(C(=O)CC#N)CCO1. The minimum Gasteiger partial charge on any atom is -0.373 e. The van der Waals surface area contributed by atoms with Crippen LogP contribution in [0.5, 0.6) is 0 Å². The zero-order valence-electron chi connectivity index (χ0n) is 10.8. The van der Waals surface area contributed by atoms with Gasteiger partial charge in [-0.25, -0.2) is 0 Å². The number of rotatable bonds is 3. The molecule has 0 aliphatic carbocycles. The lowest BCUT2D eigenvalue weighted by molar-refractivity contribution is -0.137. The second kappa shape index (κ2) is 5.99. The Kier molecular flexibility index (Phi) is 4.91. The van der Waals surface area contributed by atoms with E-state index < -0.39 is 0 Å². The van der Waals surface area contributed by atoms with E-state index in [1.165, 1.54) is 0 Å². The minimum absolute atomic E-state index is 0.0191. The van der Waals surface area contributed by atoms with Gasteiger partial charge in [-0.05, 0) is 20.8 Å². The van der Waals surface area contributed by atoms with Crippen LogP contribution in [-0.2, 0) is 9.53 Å². The van der Waals surface area contributed by atoms with Gasteiger partial charge >= 0.3 is 0 Å². The molecule has 5 nitrogen and oxygen atoms in total. The molecule has 1 N–H and O–H groups in total. The van der Waals surface area contributed by atoms with Crippen LogP contribution in [0.1, 0.15) is 27.2 Å². The van der Waals surface area contributed by atoms with E-state index in [0.717, 1.165) is 6.54 Å². The molecule has 17 heavy (non-hydrogen) atoms. The molecule has 0 saturated carbocycles. The molecule has 1 aliphatic heterocycles. The average molecular weight is 239 g/mol. The summed E-state index contributed by atoms with van der Waals surface area (Å²) in [5, 5.41) is 11.9. The van der Waals surface area contributed by atoms with Gasteiger partial charge < -0.3 is 15.0 Å². The molecule has 1 amide bonds. The summed E-state index contributed by atoms with van der Waals surface area (Å²) in [5.74, 6) is -0.100. The van der Waals surface area contributed by atoms with Crippen molar-refractivity contribution < 1.29 is 9.53 Å². The Morgan fingerprint density at radius 1 is 1.59 bits per heavy atom. The molecule has 0 aromatic carbocycles. The van der Waals surface area contributed by atoms with Crippen molar-refractivity contribution in [3.8, 4) is 6.07 Å². The number of carbonyl (C=O) groups excluding carboxylic acids is 1. The third kappa shape index (κ3) is 5.16. The number of ether oxygens (including phenoxy) is 1. The van der Waals surface area contributed by atoms with Crippen molar-refractivity contribution in [2.45, 2.75) is 38.8 Å². The second-order valence-electron chi connectivity index (χ2n) is 5.30. The quantitative estimate of drug-likeness (QED) is 0.779. The fraction of sp³-hybridized carbons (Fsp3) is 0.833. The first-order chi connectivity index (χ1) is 7.92. The monoisotopic (exact) mass is 239 g/mol. The zero-order chi connectivity index (χ0) is 12.9. The highest BCUT2D eigenvalue weighted by molar-refractivity contribution is 5.78. The zero-order valence-corrected chi connectivity index (χ0v) is 10.8. The minimum atomic E-state index is -0.100. The summed E-state index contributed by atoms with van der Waals surface area (Å²) >= 11 is 0. The number of morpholine rings is 1. The maximum absolute atomic E-state index is 11.6. The van der Waals surface area contributed by atoms with Crippen LogP contribution in [0.2, 0.25) is 0 Å². The molecule has 0 aromatic rings.